The van der Waals surface area contributed by atoms with Crippen molar-refractivity contribution in [3.8, 4) is 0 Å². The quantitative estimate of drug-likeness (QED) is 0.639. The van der Waals surface area contributed by atoms with E-state index in [-0.39, 0.29) is 0 Å². The molecule has 2 aliphatic rings. The molecule has 2 rings (SSSR count). The Morgan fingerprint density at radius 1 is 1.24 bits per heavy atom. The number of hydrogen-bond donors (Lipinski definition) is 3. The van der Waals surface area contributed by atoms with Gasteiger partial charge in [0.2, 0.25) is 0 Å². The molecule has 0 unspecified atom stereocenters. The van der Waals surface area contributed by atoms with E-state index in [0.29, 0.717) is 19.4 Å². The van der Waals surface area contributed by atoms with Crippen molar-refractivity contribution in [1.82, 2.24) is 10.2 Å². The topological polar surface area (TPSA) is 89.9 Å². The number of likely N-dealkylation sites (tertiary alicyclic amines) is 1. The summed E-state index contributed by atoms with van der Waals surface area (Å²) in [7, 11) is 0. The SMILES string of the molecule is C[C@H]1CCCN1.O=C(O)[C@@H]1CCCN1C(=O)O. The van der Waals surface area contributed by atoms with Gasteiger partial charge in [0, 0.05) is 12.6 Å². The molecule has 0 spiro atoms. The molecule has 1 amide bonds. The Balaban J connectivity index is 0.000000202. The molecule has 2 heterocycles. The average molecular weight is 244 g/mol. The largest absolute Gasteiger partial charge is 0.480 e. The third kappa shape index (κ3) is 4.22. The Morgan fingerprint density at radius 3 is 2.24 bits per heavy atom. The fraction of sp³-hybridized carbons (Fsp3) is 0.818. The average Bonchev–Trinajstić information content (AvgIpc) is 2.87. The molecule has 3 N–H and O–H groups in total. The number of nitrogens with one attached hydrogen (secondary N) is 1. The molecule has 0 aromatic heterocycles. The van der Waals surface area contributed by atoms with E-state index in [1.807, 2.05) is 0 Å². The zero-order valence-electron chi connectivity index (χ0n) is 10.1. The molecule has 2 aliphatic heterocycles. The third-order valence-corrected chi connectivity index (χ3v) is 3.09. The predicted molar refractivity (Wildman–Crippen MR) is 62.1 cm³/mol. The lowest BCUT2D eigenvalue weighted by atomic mass is 10.2. The summed E-state index contributed by atoms with van der Waals surface area (Å²) in [5.74, 6) is -1.05. The van der Waals surface area contributed by atoms with E-state index in [4.69, 9.17) is 10.2 Å². The maximum absolute atomic E-state index is 10.4. The summed E-state index contributed by atoms with van der Waals surface area (Å²) < 4.78 is 0. The van der Waals surface area contributed by atoms with Gasteiger partial charge in [-0.15, -0.1) is 0 Å². The minimum Gasteiger partial charge on any atom is -0.480 e. The van der Waals surface area contributed by atoms with Gasteiger partial charge in [-0.3, -0.25) is 4.90 Å². The van der Waals surface area contributed by atoms with Crippen LogP contribution in [0, 0.1) is 0 Å². The summed E-state index contributed by atoms with van der Waals surface area (Å²) in [5.41, 5.74) is 0. The maximum Gasteiger partial charge on any atom is 0.408 e. The Kier molecular flexibility index (Phi) is 5.21. The molecule has 2 saturated heterocycles. The molecule has 0 aromatic carbocycles. The minimum absolute atomic E-state index is 0.340. The minimum atomic E-state index is -1.14. The second kappa shape index (κ2) is 6.44. The second-order valence-corrected chi connectivity index (χ2v) is 4.47. The van der Waals surface area contributed by atoms with Crippen molar-refractivity contribution < 1.29 is 19.8 Å². The molecule has 6 nitrogen and oxygen atoms in total. The third-order valence-electron chi connectivity index (χ3n) is 3.09. The smallest absolute Gasteiger partial charge is 0.408 e. The van der Waals surface area contributed by atoms with Crippen molar-refractivity contribution in [3.63, 3.8) is 0 Å². The van der Waals surface area contributed by atoms with Gasteiger partial charge in [-0.25, -0.2) is 9.59 Å². The highest BCUT2D eigenvalue weighted by Crippen LogP contribution is 2.16. The number of nitrogens with zero attached hydrogens (tertiary/aromatic N) is 1. The normalized spacial score (nSPS) is 27.5. The number of carbonyl (C=O) groups is 2. The zero-order chi connectivity index (χ0) is 12.8. The highest BCUT2D eigenvalue weighted by molar-refractivity contribution is 5.79. The number of carboxylic acid groups (broad SMARTS) is 2. The highest BCUT2D eigenvalue weighted by Gasteiger charge is 2.33. The van der Waals surface area contributed by atoms with Crippen molar-refractivity contribution in [2.24, 2.45) is 0 Å². The van der Waals surface area contributed by atoms with Gasteiger partial charge < -0.3 is 15.5 Å². The maximum atomic E-state index is 10.4. The molecule has 0 aromatic rings. The summed E-state index contributed by atoms with van der Waals surface area (Å²) in [4.78, 5) is 21.8. The fourth-order valence-corrected chi connectivity index (χ4v) is 2.11. The summed E-state index contributed by atoms with van der Waals surface area (Å²) in [6.07, 6.45) is 2.68. The summed E-state index contributed by atoms with van der Waals surface area (Å²) >= 11 is 0. The van der Waals surface area contributed by atoms with E-state index in [1.165, 1.54) is 19.4 Å². The molecule has 0 aliphatic carbocycles. The first-order valence-electron chi connectivity index (χ1n) is 5.98. The highest BCUT2D eigenvalue weighted by atomic mass is 16.4. The van der Waals surface area contributed by atoms with Crippen molar-refractivity contribution in [2.75, 3.05) is 13.1 Å². The van der Waals surface area contributed by atoms with Gasteiger partial charge in [0.25, 0.3) is 0 Å². The van der Waals surface area contributed by atoms with E-state index in [0.717, 1.165) is 10.9 Å². The van der Waals surface area contributed by atoms with Crippen LogP contribution in [0.15, 0.2) is 0 Å². The van der Waals surface area contributed by atoms with Gasteiger partial charge in [-0.2, -0.15) is 0 Å². The number of aliphatic carboxylic acids is 1. The van der Waals surface area contributed by atoms with Crippen LogP contribution in [0.5, 0.6) is 0 Å². The lowest BCUT2D eigenvalue weighted by Crippen LogP contribution is -2.39. The summed E-state index contributed by atoms with van der Waals surface area (Å²) in [6, 6.07) is -0.0301. The first kappa shape index (κ1) is 13.8. The van der Waals surface area contributed by atoms with Crippen LogP contribution in [0.3, 0.4) is 0 Å². The number of rotatable bonds is 1. The van der Waals surface area contributed by atoms with Gasteiger partial charge in [0.15, 0.2) is 0 Å². The molecule has 0 saturated carbocycles. The van der Waals surface area contributed by atoms with Crippen LogP contribution in [0.25, 0.3) is 0 Å². The molecule has 17 heavy (non-hydrogen) atoms. The zero-order valence-corrected chi connectivity index (χ0v) is 10.1. The van der Waals surface area contributed by atoms with Crippen LogP contribution in [-0.4, -0.2) is 52.3 Å². The summed E-state index contributed by atoms with van der Waals surface area (Å²) in [5, 5.41) is 20.3. The van der Waals surface area contributed by atoms with E-state index in [2.05, 4.69) is 12.2 Å². The molecule has 2 fully saturated rings. The number of carboxylic acids is 1. The summed E-state index contributed by atoms with van der Waals surface area (Å²) in [6.45, 7) is 3.81. The Morgan fingerprint density at radius 2 is 1.94 bits per heavy atom. The predicted octanol–water partition coefficient (Wildman–Crippen LogP) is 0.972. The van der Waals surface area contributed by atoms with Crippen molar-refractivity contribution in [1.29, 1.82) is 0 Å². The fourth-order valence-electron chi connectivity index (χ4n) is 2.11. The molecular formula is C11H20N2O4. The van der Waals surface area contributed by atoms with Crippen LogP contribution in [0.4, 0.5) is 4.79 Å². The van der Waals surface area contributed by atoms with Crippen molar-refractivity contribution >= 4 is 12.1 Å². The van der Waals surface area contributed by atoms with Crippen LogP contribution in [0.1, 0.15) is 32.6 Å². The molecule has 0 bridgehead atoms. The molecule has 2 atom stereocenters. The van der Waals surface area contributed by atoms with Crippen LogP contribution >= 0.6 is 0 Å². The molecule has 6 heteroatoms. The Bertz CT molecular complexity index is 257. The van der Waals surface area contributed by atoms with Crippen molar-refractivity contribution in [3.05, 3.63) is 0 Å². The first-order chi connectivity index (χ1) is 8.02. The Labute approximate surface area is 101 Å². The second-order valence-electron chi connectivity index (χ2n) is 4.47. The van der Waals surface area contributed by atoms with Gasteiger partial charge in [-0.05, 0) is 39.2 Å². The number of hydrogen-bond acceptors (Lipinski definition) is 3. The van der Waals surface area contributed by atoms with Gasteiger partial charge in [0.05, 0.1) is 0 Å². The van der Waals surface area contributed by atoms with Gasteiger partial charge >= 0.3 is 12.1 Å². The van der Waals surface area contributed by atoms with Crippen molar-refractivity contribution in [2.45, 2.75) is 44.7 Å². The molecular weight excluding hydrogens is 224 g/mol. The Hall–Kier alpha value is -1.30. The van der Waals surface area contributed by atoms with Crippen LogP contribution < -0.4 is 5.32 Å². The van der Waals surface area contributed by atoms with E-state index in [9.17, 15) is 9.59 Å². The van der Waals surface area contributed by atoms with E-state index in [1.54, 1.807) is 0 Å². The number of amides is 1. The lowest BCUT2D eigenvalue weighted by Gasteiger charge is -2.16. The van der Waals surface area contributed by atoms with Gasteiger partial charge in [0.1, 0.15) is 6.04 Å². The molecule has 0 radical (unpaired) electrons. The van der Waals surface area contributed by atoms with Gasteiger partial charge in [-0.1, -0.05) is 0 Å². The lowest BCUT2D eigenvalue weighted by molar-refractivity contribution is -0.141. The molecule has 98 valence electrons. The first-order valence-corrected chi connectivity index (χ1v) is 5.98. The van der Waals surface area contributed by atoms with E-state index < -0.39 is 18.1 Å². The standard InChI is InChI=1S/C6H9NO4.C5H11N/c8-5(9)4-2-1-3-7(4)6(10)11;1-5-3-2-4-6-5/h4H,1-3H2,(H,8,9)(H,10,11);5-6H,2-4H2,1H3/t4-;5-/m00/s1. The monoisotopic (exact) mass is 244 g/mol. The van der Waals surface area contributed by atoms with Crippen LogP contribution in [-0.2, 0) is 4.79 Å². The van der Waals surface area contributed by atoms with Crippen LogP contribution in [0.2, 0.25) is 0 Å². The van der Waals surface area contributed by atoms with E-state index >= 15 is 0 Å².